The summed E-state index contributed by atoms with van der Waals surface area (Å²) in [5, 5.41) is 24.0. The first kappa shape index (κ1) is 19.1. The third-order valence-electron chi connectivity index (χ3n) is 5.18. The maximum absolute atomic E-state index is 12.0. The second kappa shape index (κ2) is 8.03. The SMILES string of the molecule is C=CC(=O)N1CCc2c(sc3ncc(C#N)c(N[C@H](CO)c4ccccc4)c23)C1. The fraction of sp³-hybridized carbons (Fsp3) is 0.227. The van der Waals surface area contributed by atoms with Crippen molar-refractivity contribution in [3.8, 4) is 6.07 Å². The smallest absolute Gasteiger partial charge is 0.246 e. The lowest BCUT2D eigenvalue weighted by Crippen LogP contribution is -2.34. The minimum Gasteiger partial charge on any atom is -0.394 e. The number of rotatable bonds is 5. The molecule has 2 aromatic heterocycles. The number of nitrogens with one attached hydrogen (secondary N) is 1. The zero-order valence-corrected chi connectivity index (χ0v) is 16.6. The minimum atomic E-state index is -0.341. The van der Waals surface area contributed by atoms with E-state index in [0.717, 1.165) is 26.2 Å². The Bertz CT molecular complexity index is 1120. The van der Waals surface area contributed by atoms with Gasteiger partial charge in [0.2, 0.25) is 5.91 Å². The highest BCUT2D eigenvalue weighted by Crippen LogP contribution is 2.40. The van der Waals surface area contributed by atoms with Crippen LogP contribution in [0, 0.1) is 11.3 Å². The summed E-state index contributed by atoms with van der Waals surface area (Å²) in [6, 6.07) is 11.5. The first-order valence-electron chi connectivity index (χ1n) is 9.33. The molecule has 6 nitrogen and oxygen atoms in total. The summed E-state index contributed by atoms with van der Waals surface area (Å²) in [6.45, 7) is 4.59. The van der Waals surface area contributed by atoms with E-state index in [2.05, 4.69) is 22.9 Å². The largest absolute Gasteiger partial charge is 0.394 e. The minimum absolute atomic E-state index is 0.0819. The maximum Gasteiger partial charge on any atom is 0.246 e. The van der Waals surface area contributed by atoms with E-state index < -0.39 is 0 Å². The molecule has 146 valence electrons. The fourth-order valence-electron chi connectivity index (χ4n) is 3.71. The Morgan fingerprint density at radius 3 is 2.93 bits per heavy atom. The molecular weight excluding hydrogens is 384 g/mol. The van der Waals surface area contributed by atoms with E-state index in [4.69, 9.17) is 0 Å². The molecule has 0 bridgehead atoms. The molecule has 3 aromatic rings. The zero-order valence-electron chi connectivity index (χ0n) is 15.8. The third kappa shape index (κ3) is 3.48. The molecule has 0 fully saturated rings. The van der Waals surface area contributed by atoms with Crippen LogP contribution in [0.3, 0.4) is 0 Å². The molecule has 29 heavy (non-hydrogen) atoms. The van der Waals surface area contributed by atoms with Crippen molar-refractivity contribution in [1.82, 2.24) is 9.88 Å². The van der Waals surface area contributed by atoms with Gasteiger partial charge in [-0.05, 0) is 23.6 Å². The summed E-state index contributed by atoms with van der Waals surface area (Å²) in [6.07, 6.45) is 3.59. The number of benzene rings is 1. The monoisotopic (exact) mass is 404 g/mol. The lowest BCUT2D eigenvalue weighted by molar-refractivity contribution is -0.126. The van der Waals surface area contributed by atoms with E-state index in [9.17, 15) is 15.2 Å². The first-order chi connectivity index (χ1) is 14.2. The highest BCUT2D eigenvalue weighted by molar-refractivity contribution is 7.19. The van der Waals surface area contributed by atoms with Gasteiger partial charge in [-0.1, -0.05) is 36.9 Å². The second-order valence-corrected chi connectivity index (χ2v) is 7.93. The van der Waals surface area contributed by atoms with Gasteiger partial charge in [-0.3, -0.25) is 4.79 Å². The molecule has 2 N–H and O–H groups in total. The Hall–Kier alpha value is -3.21. The molecule has 1 aliphatic heterocycles. The van der Waals surface area contributed by atoms with Gasteiger partial charge in [-0.2, -0.15) is 5.26 Å². The van der Waals surface area contributed by atoms with Crippen LogP contribution in [0.2, 0.25) is 0 Å². The number of aliphatic hydroxyl groups is 1. The van der Waals surface area contributed by atoms with Gasteiger partial charge in [-0.15, -0.1) is 11.3 Å². The zero-order chi connectivity index (χ0) is 20.4. The molecule has 0 aliphatic carbocycles. The first-order valence-corrected chi connectivity index (χ1v) is 10.1. The van der Waals surface area contributed by atoms with Crippen LogP contribution in [-0.4, -0.2) is 34.0 Å². The average Bonchev–Trinajstić information content (AvgIpc) is 3.15. The summed E-state index contributed by atoms with van der Waals surface area (Å²) in [5.41, 5.74) is 3.20. The number of hydrogen-bond donors (Lipinski definition) is 2. The van der Waals surface area contributed by atoms with Crippen LogP contribution in [0.1, 0.15) is 27.6 Å². The lowest BCUT2D eigenvalue weighted by atomic mass is 10.0. The molecular formula is C22H20N4O2S. The predicted octanol–water partition coefficient (Wildman–Crippen LogP) is 3.38. The molecule has 3 heterocycles. The van der Waals surface area contributed by atoms with Gasteiger partial charge in [0.05, 0.1) is 30.4 Å². The molecule has 4 rings (SSSR count). The number of nitriles is 1. The molecule has 1 aromatic carbocycles. The number of carbonyl (C=O) groups excluding carboxylic acids is 1. The van der Waals surface area contributed by atoms with Crippen LogP contribution >= 0.6 is 11.3 Å². The number of fused-ring (bicyclic) bond motifs is 3. The van der Waals surface area contributed by atoms with Gasteiger partial charge in [0.15, 0.2) is 0 Å². The van der Waals surface area contributed by atoms with Crippen molar-refractivity contribution in [3.63, 3.8) is 0 Å². The highest BCUT2D eigenvalue weighted by Gasteiger charge is 2.26. The number of hydrogen-bond acceptors (Lipinski definition) is 6. The predicted molar refractivity (Wildman–Crippen MR) is 114 cm³/mol. The van der Waals surface area contributed by atoms with Crippen molar-refractivity contribution in [2.24, 2.45) is 0 Å². The van der Waals surface area contributed by atoms with Crippen LogP contribution in [-0.2, 0) is 17.8 Å². The van der Waals surface area contributed by atoms with E-state index in [1.807, 2.05) is 30.3 Å². The van der Waals surface area contributed by atoms with E-state index in [-0.39, 0.29) is 18.6 Å². The van der Waals surface area contributed by atoms with Gasteiger partial charge >= 0.3 is 0 Å². The van der Waals surface area contributed by atoms with E-state index >= 15 is 0 Å². The summed E-state index contributed by atoms with van der Waals surface area (Å²) in [7, 11) is 0. The quantitative estimate of drug-likeness (QED) is 0.637. The number of pyridine rings is 1. The van der Waals surface area contributed by atoms with Crippen molar-refractivity contribution in [2.45, 2.75) is 19.0 Å². The number of thiophene rings is 1. The third-order valence-corrected chi connectivity index (χ3v) is 6.30. The number of nitrogens with zero attached hydrogens (tertiary/aromatic N) is 3. The van der Waals surface area contributed by atoms with Crippen molar-refractivity contribution < 1.29 is 9.90 Å². The molecule has 7 heteroatoms. The topological polar surface area (TPSA) is 89.2 Å². The normalized spacial score (nSPS) is 14.1. The number of amides is 1. The molecule has 0 unspecified atom stereocenters. The Balaban J connectivity index is 1.79. The summed E-state index contributed by atoms with van der Waals surface area (Å²) in [4.78, 5) is 20.2. The van der Waals surface area contributed by atoms with Crippen LogP contribution in [0.25, 0.3) is 10.2 Å². The molecule has 0 saturated carbocycles. The van der Waals surface area contributed by atoms with E-state index in [1.54, 1.807) is 22.4 Å². The highest BCUT2D eigenvalue weighted by atomic mass is 32.1. The fourth-order valence-corrected chi connectivity index (χ4v) is 4.92. The molecule has 1 amide bonds. The van der Waals surface area contributed by atoms with Crippen molar-refractivity contribution in [2.75, 3.05) is 18.5 Å². The second-order valence-electron chi connectivity index (χ2n) is 6.85. The maximum atomic E-state index is 12.0. The summed E-state index contributed by atoms with van der Waals surface area (Å²) < 4.78 is 0. The van der Waals surface area contributed by atoms with E-state index in [1.165, 1.54) is 6.08 Å². The van der Waals surface area contributed by atoms with Gasteiger partial charge in [0, 0.05) is 23.0 Å². The standard InChI is InChI=1S/C22H20N4O2S/c1-2-19(28)26-9-8-16-18(12-26)29-22-20(16)21(15(10-23)11-24-22)25-17(13-27)14-6-4-3-5-7-14/h2-7,11,17,27H,1,8-9,12-13H2,(H,24,25)/t17-/m1/s1. The Kier molecular flexibility index (Phi) is 5.30. The Labute approximate surface area is 172 Å². The van der Waals surface area contributed by atoms with Crippen LogP contribution in [0.15, 0.2) is 49.2 Å². The summed E-state index contributed by atoms with van der Waals surface area (Å²) in [5.74, 6) is -0.0819. The van der Waals surface area contributed by atoms with Crippen LogP contribution in [0.4, 0.5) is 5.69 Å². The van der Waals surface area contributed by atoms with Crippen molar-refractivity contribution in [3.05, 3.63) is 70.8 Å². The number of carbonyl (C=O) groups is 1. The number of aliphatic hydroxyl groups excluding tert-OH is 1. The van der Waals surface area contributed by atoms with E-state index in [0.29, 0.717) is 30.8 Å². The van der Waals surface area contributed by atoms with Gasteiger partial charge in [0.1, 0.15) is 10.9 Å². The molecule has 0 radical (unpaired) electrons. The van der Waals surface area contributed by atoms with Crippen LogP contribution < -0.4 is 5.32 Å². The lowest BCUT2D eigenvalue weighted by Gasteiger charge is -2.26. The van der Waals surface area contributed by atoms with Gasteiger partial charge in [-0.25, -0.2) is 4.98 Å². The van der Waals surface area contributed by atoms with Crippen molar-refractivity contribution >= 4 is 33.1 Å². The average molecular weight is 404 g/mol. The summed E-state index contributed by atoms with van der Waals surface area (Å²) >= 11 is 1.54. The van der Waals surface area contributed by atoms with Gasteiger partial charge < -0.3 is 15.3 Å². The van der Waals surface area contributed by atoms with Crippen molar-refractivity contribution in [1.29, 1.82) is 5.26 Å². The van der Waals surface area contributed by atoms with Gasteiger partial charge in [0.25, 0.3) is 0 Å². The molecule has 0 saturated heterocycles. The molecule has 0 spiro atoms. The Morgan fingerprint density at radius 1 is 1.45 bits per heavy atom. The Morgan fingerprint density at radius 2 is 2.24 bits per heavy atom. The molecule has 1 aliphatic rings. The number of aromatic nitrogens is 1. The molecule has 1 atom stereocenters. The number of anilines is 1. The van der Waals surface area contributed by atoms with Crippen LogP contribution in [0.5, 0.6) is 0 Å².